The van der Waals surface area contributed by atoms with Crippen molar-refractivity contribution in [1.29, 1.82) is 0 Å². The van der Waals surface area contributed by atoms with E-state index in [0.29, 0.717) is 0 Å². The maximum atomic E-state index is 10.8. The average Bonchev–Trinajstić information content (AvgIpc) is 1.35. The summed E-state index contributed by atoms with van der Waals surface area (Å²) < 4.78 is 33.1. The second kappa shape index (κ2) is 1.99. The summed E-state index contributed by atoms with van der Waals surface area (Å²) in [4.78, 5) is 0. The van der Waals surface area contributed by atoms with Crippen LogP contribution in [0.15, 0.2) is 0 Å². The molecule has 2 nitrogen and oxygen atoms in total. The Morgan fingerprint density at radius 1 is 1.33 bits per heavy atom. The van der Waals surface area contributed by atoms with Crippen molar-refractivity contribution in [2.24, 2.45) is 5.84 Å². The number of halogens is 3. The Bertz CT molecular complexity index is 38.5. The van der Waals surface area contributed by atoms with Gasteiger partial charge in [-0.2, -0.15) is 0 Å². The zero-order chi connectivity index (χ0) is 5.21. The van der Waals surface area contributed by atoms with Gasteiger partial charge in [0.1, 0.15) is 0 Å². The molecule has 0 unspecified atom stereocenters. The fraction of sp³-hybridized carbons (Fsp3) is 0. The summed E-state index contributed by atoms with van der Waals surface area (Å²) in [6.45, 7) is 0. The first-order valence-electron chi connectivity index (χ1n) is 1.11. The molecular weight excluding hydrogens is 204 g/mol. The number of hydrogen-bond acceptors (Lipinski definition) is 2. The van der Waals surface area contributed by atoms with E-state index in [2.05, 4.69) is 5.84 Å². The van der Waals surface area contributed by atoms with E-state index in [0.717, 1.165) is 3.65 Å². The molecule has 6 heteroatoms. The van der Waals surface area contributed by atoms with Crippen LogP contribution in [0.1, 0.15) is 0 Å². The van der Waals surface area contributed by atoms with Crippen molar-refractivity contribution < 1.29 is 8.60 Å². The number of rotatable bonds is 1. The van der Waals surface area contributed by atoms with E-state index in [1.165, 1.54) is 0 Å². The van der Waals surface area contributed by atoms with Gasteiger partial charge in [-0.25, -0.2) is 0 Å². The number of hydrazine groups is 1. The van der Waals surface area contributed by atoms with Gasteiger partial charge in [0.2, 0.25) is 0 Å². The third kappa shape index (κ3) is 4.51. The van der Waals surface area contributed by atoms with E-state index in [1.807, 2.05) is 0 Å². The Hall–Kier alpha value is 0.509. The molecule has 0 radical (unpaired) electrons. The second-order valence-corrected chi connectivity index (χ2v) is 4.31. The van der Waals surface area contributed by atoms with Crippen LogP contribution in [0.2, 0.25) is 0 Å². The molecular formula is H3F3N2Sn. The fourth-order valence-corrected chi connectivity index (χ4v) is 0. The quantitative estimate of drug-likeness (QED) is 0.354. The van der Waals surface area contributed by atoms with Gasteiger partial charge in [-0.05, 0) is 0 Å². The van der Waals surface area contributed by atoms with Gasteiger partial charge in [-0.1, -0.05) is 0 Å². The van der Waals surface area contributed by atoms with Gasteiger partial charge >= 0.3 is 38.5 Å². The average molecular weight is 207 g/mol. The van der Waals surface area contributed by atoms with Crippen molar-refractivity contribution in [3.63, 3.8) is 0 Å². The van der Waals surface area contributed by atoms with Crippen LogP contribution in [0.25, 0.3) is 0 Å². The van der Waals surface area contributed by atoms with Crippen molar-refractivity contribution in [2.45, 2.75) is 0 Å². The van der Waals surface area contributed by atoms with E-state index in [-0.39, 0.29) is 0 Å². The van der Waals surface area contributed by atoms with Crippen molar-refractivity contribution >= 4 is 20.4 Å². The summed E-state index contributed by atoms with van der Waals surface area (Å²) in [6.07, 6.45) is 0. The molecule has 0 aromatic rings. The Morgan fingerprint density at radius 3 is 1.50 bits per heavy atom. The first-order chi connectivity index (χ1) is 2.56. The standard InChI is InChI=1S/3FH.H3N2.Sn/c;;;1-2;/h3*1H;1H,2H2;/q;;;-1;+4/p-3. The van der Waals surface area contributed by atoms with Crippen LogP contribution in [0.4, 0.5) is 8.60 Å². The van der Waals surface area contributed by atoms with Gasteiger partial charge in [0.15, 0.2) is 0 Å². The minimum absolute atomic E-state index is 0.814. The van der Waals surface area contributed by atoms with Crippen LogP contribution in [-0.2, 0) is 0 Å². The first kappa shape index (κ1) is 6.51. The van der Waals surface area contributed by atoms with E-state index < -0.39 is 20.4 Å². The van der Waals surface area contributed by atoms with E-state index >= 15 is 0 Å². The predicted molar refractivity (Wildman–Crippen MR) is 16.4 cm³/mol. The Balaban J connectivity index is 3.17. The molecule has 3 N–H and O–H groups in total. The zero-order valence-electron chi connectivity index (χ0n) is 2.71. The monoisotopic (exact) mass is 208 g/mol. The van der Waals surface area contributed by atoms with Crippen LogP contribution in [0, 0.1) is 0 Å². The molecule has 0 amide bonds. The molecule has 6 heavy (non-hydrogen) atoms. The van der Waals surface area contributed by atoms with Crippen LogP contribution in [0.5, 0.6) is 0 Å². The molecule has 0 rings (SSSR count). The summed E-state index contributed by atoms with van der Waals surface area (Å²) in [7, 11) is 0. The van der Waals surface area contributed by atoms with E-state index in [9.17, 15) is 8.60 Å². The summed E-state index contributed by atoms with van der Waals surface area (Å²) in [5.74, 6) is 4.02. The molecule has 38 valence electrons. The van der Waals surface area contributed by atoms with Gasteiger partial charge in [0, 0.05) is 0 Å². The molecule has 0 bridgehead atoms. The van der Waals surface area contributed by atoms with Crippen LogP contribution < -0.4 is 9.49 Å². The maximum absolute atomic E-state index is 10.8. The van der Waals surface area contributed by atoms with Crippen LogP contribution >= 0.6 is 0 Å². The van der Waals surface area contributed by atoms with Crippen molar-refractivity contribution in [1.82, 2.24) is 3.65 Å². The SMILES string of the molecule is N[NH][Sn]([F])([F])[F]. The molecule has 0 aliphatic carbocycles. The van der Waals surface area contributed by atoms with Crippen LogP contribution in [0.3, 0.4) is 0 Å². The molecule has 0 fully saturated rings. The Morgan fingerprint density at radius 2 is 1.50 bits per heavy atom. The normalized spacial score (nSPS) is 12.0. The number of nitrogens with one attached hydrogen (secondary N) is 1. The summed E-state index contributed by atoms with van der Waals surface area (Å²) in [6, 6.07) is 0. The Kier molecular flexibility index (Phi) is 2.15. The molecule has 0 atom stereocenters. The number of nitrogens with two attached hydrogens (primary N) is 1. The molecule has 0 heterocycles. The van der Waals surface area contributed by atoms with Crippen molar-refractivity contribution in [3.05, 3.63) is 0 Å². The number of hydrogen-bond donors (Lipinski definition) is 2. The Labute approximate surface area is 39.0 Å². The van der Waals surface area contributed by atoms with Gasteiger partial charge in [0.05, 0.1) is 0 Å². The molecule has 0 aromatic heterocycles. The van der Waals surface area contributed by atoms with Crippen molar-refractivity contribution in [2.75, 3.05) is 0 Å². The minimum atomic E-state index is -6.20. The van der Waals surface area contributed by atoms with E-state index in [1.54, 1.807) is 0 Å². The van der Waals surface area contributed by atoms with Crippen LogP contribution in [-0.4, -0.2) is 20.4 Å². The topological polar surface area (TPSA) is 38.0 Å². The molecule has 0 saturated carbocycles. The first-order valence-corrected chi connectivity index (χ1v) is 5.77. The molecule has 0 spiro atoms. The summed E-state index contributed by atoms with van der Waals surface area (Å²) >= 11 is -6.20. The van der Waals surface area contributed by atoms with Gasteiger partial charge in [-0.3, -0.25) is 0 Å². The third-order valence-electron chi connectivity index (χ3n) is 0.164. The fourth-order valence-electron chi connectivity index (χ4n) is 0. The van der Waals surface area contributed by atoms with Crippen molar-refractivity contribution in [3.8, 4) is 0 Å². The second-order valence-electron chi connectivity index (χ2n) is 0.642. The van der Waals surface area contributed by atoms with E-state index in [4.69, 9.17) is 0 Å². The van der Waals surface area contributed by atoms with Gasteiger partial charge in [0.25, 0.3) is 0 Å². The molecule has 0 aromatic carbocycles. The predicted octanol–water partition coefficient (Wildman–Crippen LogP) is -0.206. The van der Waals surface area contributed by atoms with Gasteiger partial charge < -0.3 is 0 Å². The molecule has 0 aliphatic rings. The molecule has 0 aliphatic heterocycles. The molecule has 0 saturated heterocycles. The summed E-state index contributed by atoms with van der Waals surface area (Å²) in [5.41, 5.74) is 0. The summed E-state index contributed by atoms with van der Waals surface area (Å²) in [5, 5.41) is 0. The zero-order valence-corrected chi connectivity index (χ0v) is 5.57. The third-order valence-corrected chi connectivity index (χ3v) is 1.10. The van der Waals surface area contributed by atoms with Gasteiger partial charge in [-0.15, -0.1) is 0 Å².